The molecule has 22 heavy (non-hydrogen) atoms. The van der Waals surface area contributed by atoms with Crippen molar-refractivity contribution in [3.05, 3.63) is 29.8 Å². The molecule has 0 aliphatic carbocycles. The summed E-state index contributed by atoms with van der Waals surface area (Å²) in [5.41, 5.74) is 2.72. The Kier molecular flexibility index (Phi) is 13.4. The standard InChI is InChI=1S/C19H34N2.ClH/c1-4-7-8-9-10-11-16-20-17-18-12-14-19(15-13-18)21(5-2)6-3;/h12-15,20H,4-11,16-17H2,1-3H3;1H. The second-order valence-electron chi connectivity index (χ2n) is 5.78. The van der Waals surface area contributed by atoms with Gasteiger partial charge in [0.05, 0.1) is 0 Å². The van der Waals surface area contributed by atoms with Crippen molar-refractivity contribution in [3.8, 4) is 0 Å². The summed E-state index contributed by atoms with van der Waals surface area (Å²) in [5.74, 6) is 0. The van der Waals surface area contributed by atoms with Gasteiger partial charge in [0.15, 0.2) is 0 Å². The highest BCUT2D eigenvalue weighted by Gasteiger charge is 2.01. The number of benzene rings is 1. The first-order valence-electron chi connectivity index (χ1n) is 8.86. The van der Waals surface area contributed by atoms with E-state index in [0.29, 0.717) is 0 Å². The Morgan fingerprint density at radius 3 is 2.00 bits per heavy atom. The molecule has 1 aromatic carbocycles. The maximum Gasteiger partial charge on any atom is 0.0366 e. The van der Waals surface area contributed by atoms with Gasteiger partial charge in [0.25, 0.3) is 0 Å². The maximum absolute atomic E-state index is 3.56. The van der Waals surface area contributed by atoms with Crippen LogP contribution in [0.15, 0.2) is 24.3 Å². The molecule has 1 N–H and O–H groups in total. The van der Waals surface area contributed by atoms with Crippen molar-refractivity contribution < 1.29 is 0 Å². The van der Waals surface area contributed by atoms with E-state index in [-0.39, 0.29) is 12.4 Å². The zero-order valence-electron chi connectivity index (χ0n) is 14.7. The molecule has 0 fully saturated rings. The van der Waals surface area contributed by atoms with Crippen molar-refractivity contribution in [3.63, 3.8) is 0 Å². The van der Waals surface area contributed by atoms with Crippen LogP contribution in [0.25, 0.3) is 0 Å². The average Bonchev–Trinajstić information content (AvgIpc) is 2.52. The summed E-state index contributed by atoms with van der Waals surface area (Å²) in [6.07, 6.45) is 8.21. The molecular weight excluding hydrogens is 292 g/mol. The second-order valence-corrected chi connectivity index (χ2v) is 5.78. The summed E-state index contributed by atoms with van der Waals surface area (Å²) in [4.78, 5) is 2.38. The molecule has 1 rings (SSSR count). The highest BCUT2D eigenvalue weighted by atomic mass is 35.5. The van der Waals surface area contributed by atoms with E-state index in [4.69, 9.17) is 0 Å². The summed E-state index contributed by atoms with van der Waals surface area (Å²) in [6, 6.07) is 8.99. The fourth-order valence-electron chi connectivity index (χ4n) is 2.68. The fourth-order valence-corrected chi connectivity index (χ4v) is 2.68. The molecule has 2 nitrogen and oxygen atoms in total. The molecule has 0 spiro atoms. The molecule has 0 aliphatic heterocycles. The molecule has 0 aliphatic rings. The molecule has 0 bridgehead atoms. The Balaban J connectivity index is 0.00000441. The predicted octanol–water partition coefficient (Wildman–Crippen LogP) is 5.40. The molecule has 0 radical (unpaired) electrons. The van der Waals surface area contributed by atoms with Crippen LogP contribution in [0, 0.1) is 0 Å². The SMILES string of the molecule is CCCCCCCCNCc1ccc(N(CC)CC)cc1.Cl. The normalized spacial score (nSPS) is 10.3. The minimum atomic E-state index is 0. The van der Waals surface area contributed by atoms with Crippen LogP contribution in [-0.2, 0) is 6.54 Å². The van der Waals surface area contributed by atoms with E-state index in [1.807, 2.05) is 0 Å². The quantitative estimate of drug-likeness (QED) is 0.517. The summed E-state index contributed by atoms with van der Waals surface area (Å²) >= 11 is 0. The largest absolute Gasteiger partial charge is 0.372 e. The molecule has 0 atom stereocenters. The van der Waals surface area contributed by atoms with Crippen molar-refractivity contribution in [2.24, 2.45) is 0 Å². The third-order valence-corrected chi connectivity index (χ3v) is 4.10. The summed E-state index contributed by atoms with van der Waals surface area (Å²) < 4.78 is 0. The van der Waals surface area contributed by atoms with Gasteiger partial charge in [0.2, 0.25) is 0 Å². The molecule has 128 valence electrons. The lowest BCUT2D eigenvalue weighted by atomic mass is 10.1. The highest BCUT2D eigenvalue weighted by molar-refractivity contribution is 5.85. The number of rotatable bonds is 12. The molecule has 0 saturated heterocycles. The van der Waals surface area contributed by atoms with Gasteiger partial charge in [-0.1, -0.05) is 51.2 Å². The van der Waals surface area contributed by atoms with Gasteiger partial charge >= 0.3 is 0 Å². The van der Waals surface area contributed by atoms with Gasteiger partial charge in [-0.05, 0) is 44.5 Å². The Morgan fingerprint density at radius 2 is 1.41 bits per heavy atom. The molecule has 0 saturated carbocycles. The lowest BCUT2D eigenvalue weighted by Crippen LogP contribution is -2.21. The van der Waals surface area contributed by atoms with Gasteiger partial charge in [0, 0.05) is 25.3 Å². The fraction of sp³-hybridized carbons (Fsp3) is 0.684. The van der Waals surface area contributed by atoms with Crippen LogP contribution in [0.3, 0.4) is 0 Å². The summed E-state index contributed by atoms with van der Waals surface area (Å²) in [6.45, 7) is 11.0. The second kappa shape index (κ2) is 13.9. The van der Waals surface area contributed by atoms with Crippen LogP contribution in [0.5, 0.6) is 0 Å². The van der Waals surface area contributed by atoms with Gasteiger partial charge in [-0.25, -0.2) is 0 Å². The first-order valence-corrected chi connectivity index (χ1v) is 8.86. The Labute approximate surface area is 144 Å². The number of nitrogens with one attached hydrogen (secondary N) is 1. The molecule has 0 aromatic heterocycles. The number of hydrogen-bond acceptors (Lipinski definition) is 2. The Hall–Kier alpha value is -0.730. The van der Waals surface area contributed by atoms with Crippen LogP contribution in [0.4, 0.5) is 5.69 Å². The van der Waals surface area contributed by atoms with E-state index in [1.165, 1.54) is 49.8 Å². The van der Waals surface area contributed by atoms with Crippen molar-refractivity contribution in [1.29, 1.82) is 0 Å². The predicted molar refractivity (Wildman–Crippen MR) is 102 cm³/mol. The van der Waals surface area contributed by atoms with Gasteiger partial charge in [-0.15, -0.1) is 12.4 Å². The third-order valence-electron chi connectivity index (χ3n) is 4.10. The van der Waals surface area contributed by atoms with Crippen LogP contribution in [0.2, 0.25) is 0 Å². The number of anilines is 1. The average molecular weight is 327 g/mol. The topological polar surface area (TPSA) is 15.3 Å². The monoisotopic (exact) mass is 326 g/mol. The first-order chi connectivity index (χ1) is 10.3. The lowest BCUT2D eigenvalue weighted by molar-refractivity contribution is 0.572. The van der Waals surface area contributed by atoms with E-state index >= 15 is 0 Å². The first kappa shape index (κ1) is 21.3. The Bertz CT molecular complexity index is 347. The van der Waals surface area contributed by atoms with Crippen LogP contribution < -0.4 is 10.2 Å². The van der Waals surface area contributed by atoms with Crippen molar-refractivity contribution in [2.75, 3.05) is 24.5 Å². The van der Waals surface area contributed by atoms with E-state index < -0.39 is 0 Å². The highest BCUT2D eigenvalue weighted by Crippen LogP contribution is 2.14. The van der Waals surface area contributed by atoms with E-state index in [1.54, 1.807) is 0 Å². The van der Waals surface area contributed by atoms with Gasteiger partial charge in [-0.3, -0.25) is 0 Å². The molecule has 0 heterocycles. The lowest BCUT2D eigenvalue weighted by Gasteiger charge is -2.21. The van der Waals surface area contributed by atoms with Gasteiger partial charge in [0.1, 0.15) is 0 Å². The van der Waals surface area contributed by atoms with E-state index in [9.17, 15) is 0 Å². The molecule has 3 heteroatoms. The molecule has 0 unspecified atom stereocenters. The van der Waals surface area contributed by atoms with Crippen LogP contribution in [-0.4, -0.2) is 19.6 Å². The van der Waals surface area contributed by atoms with Gasteiger partial charge < -0.3 is 10.2 Å². The number of halogens is 1. The van der Waals surface area contributed by atoms with Crippen LogP contribution in [0.1, 0.15) is 64.9 Å². The maximum atomic E-state index is 3.56. The minimum absolute atomic E-state index is 0. The van der Waals surface area contributed by atoms with Crippen molar-refractivity contribution in [1.82, 2.24) is 5.32 Å². The number of nitrogens with zero attached hydrogens (tertiary/aromatic N) is 1. The number of unbranched alkanes of at least 4 members (excludes halogenated alkanes) is 5. The molecular formula is C19H35ClN2. The van der Waals surface area contributed by atoms with E-state index in [2.05, 4.69) is 55.3 Å². The van der Waals surface area contributed by atoms with Crippen molar-refractivity contribution in [2.45, 2.75) is 65.8 Å². The van der Waals surface area contributed by atoms with E-state index in [0.717, 1.165) is 26.2 Å². The van der Waals surface area contributed by atoms with Crippen LogP contribution >= 0.6 is 12.4 Å². The van der Waals surface area contributed by atoms with Gasteiger partial charge in [-0.2, -0.15) is 0 Å². The smallest absolute Gasteiger partial charge is 0.0366 e. The molecule has 1 aromatic rings. The zero-order valence-corrected chi connectivity index (χ0v) is 15.6. The number of hydrogen-bond donors (Lipinski definition) is 1. The third kappa shape index (κ3) is 8.65. The van der Waals surface area contributed by atoms with Crippen molar-refractivity contribution >= 4 is 18.1 Å². The minimum Gasteiger partial charge on any atom is -0.372 e. The Morgan fingerprint density at radius 1 is 0.818 bits per heavy atom. The zero-order chi connectivity index (χ0) is 15.3. The summed E-state index contributed by atoms with van der Waals surface area (Å²) in [7, 11) is 0. The molecule has 0 amide bonds. The summed E-state index contributed by atoms with van der Waals surface area (Å²) in [5, 5.41) is 3.56.